The summed E-state index contributed by atoms with van der Waals surface area (Å²) < 4.78 is 6.29. The van der Waals surface area contributed by atoms with Gasteiger partial charge in [-0.15, -0.1) is 0 Å². The zero-order valence-corrected chi connectivity index (χ0v) is 30.0. The fraction of sp³-hybridized carbons (Fsp3) is 0.800. The summed E-state index contributed by atoms with van der Waals surface area (Å²) in [6.45, 7) is 22.0. The molecular weight excluding hydrogens is 544 g/mol. The molecule has 3 rings (SSSR count). The van der Waals surface area contributed by atoms with Crippen molar-refractivity contribution in [1.82, 2.24) is 0 Å². The largest absolute Gasteiger partial charge is 0.393 e. The molecule has 1 saturated heterocycles. The molecule has 44 heavy (non-hydrogen) atoms. The SMILES string of the molecule is CC(=C/CCC(C)CCCCC(C)C/C=C/C(C)C=CC1C(C)(C)C[C@H](O)C[C@@]1(C)O)/C=C/[C@@]12O[C@]1(C)C[C@@H](O)CC2(C)C. The van der Waals surface area contributed by atoms with Gasteiger partial charge in [0, 0.05) is 24.2 Å². The molecule has 0 aromatic carbocycles. The number of aliphatic hydroxyl groups is 3. The van der Waals surface area contributed by atoms with Gasteiger partial charge in [0.15, 0.2) is 0 Å². The minimum atomic E-state index is -0.868. The Morgan fingerprint density at radius 2 is 1.48 bits per heavy atom. The van der Waals surface area contributed by atoms with E-state index in [-0.39, 0.29) is 34.1 Å². The highest BCUT2D eigenvalue weighted by Crippen LogP contribution is 2.66. The molecule has 1 heterocycles. The van der Waals surface area contributed by atoms with Crippen molar-refractivity contribution in [2.45, 2.75) is 169 Å². The lowest BCUT2D eigenvalue weighted by molar-refractivity contribution is -0.111. The van der Waals surface area contributed by atoms with Crippen molar-refractivity contribution in [3.8, 4) is 0 Å². The van der Waals surface area contributed by atoms with E-state index in [0.717, 1.165) is 38.0 Å². The molecule has 1 aliphatic heterocycles. The third kappa shape index (κ3) is 9.43. The Balaban J connectivity index is 1.30. The van der Waals surface area contributed by atoms with Crippen molar-refractivity contribution in [2.24, 2.45) is 34.5 Å². The van der Waals surface area contributed by atoms with Gasteiger partial charge in [-0.25, -0.2) is 0 Å². The Morgan fingerprint density at radius 1 is 0.841 bits per heavy atom. The number of hydrogen-bond acceptors (Lipinski definition) is 4. The number of ether oxygens (including phenoxy) is 1. The first kappa shape index (κ1) is 37.3. The van der Waals surface area contributed by atoms with Gasteiger partial charge in [0.1, 0.15) is 11.2 Å². The van der Waals surface area contributed by atoms with Crippen LogP contribution >= 0.6 is 0 Å². The van der Waals surface area contributed by atoms with Gasteiger partial charge in [0.2, 0.25) is 0 Å². The maximum atomic E-state index is 11.0. The van der Waals surface area contributed by atoms with Crippen LogP contribution in [0.4, 0.5) is 0 Å². The molecular formula is C40H68O4. The van der Waals surface area contributed by atoms with Gasteiger partial charge in [-0.05, 0) is 82.1 Å². The van der Waals surface area contributed by atoms with Gasteiger partial charge >= 0.3 is 0 Å². The van der Waals surface area contributed by atoms with Gasteiger partial charge in [0.25, 0.3) is 0 Å². The zero-order valence-electron chi connectivity index (χ0n) is 30.0. The number of allylic oxidation sites excluding steroid dienone is 6. The summed E-state index contributed by atoms with van der Waals surface area (Å²) in [5.74, 6) is 1.83. The Bertz CT molecular complexity index is 1030. The molecule has 3 N–H and O–H groups in total. The summed E-state index contributed by atoms with van der Waals surface area (Å²) in [6.07, 6.45) is 26.6. The summed E-state index contributed by atoms with van der Waals surface area (Å²) in [5.41, 5.74) is -0.212. The van der Waals surface area contributed by atoms with Crippen molar-refractivity contribution < 1.29 is 20.1 Å². The molecule has 2 aliphatic carbocycles. The molecule has 0 amide bonds. The predicted molar refractivity (Wildman–Crippen MR) is 185 cm³/mol. The highest BCUT2D eigenvalue weighted by molar-refractivity contribution is 5.35. The quantitative estimate of drug-likeness (QED) is 0.0745. The maximum Gasteiger partial charge on any atom is 0.121 e. The summed E-state index contributed by atoms with van der Waals surface area (Å²) in [7, 11) is 0. The van der Waals surface area contributed by atoms with E-state index in [1.165, 1.54) is 37.7 Å². The Labute approximate surface area is 271 Å². The topological polar surface area (TPSA) is 73.2 Å². The average molecular weight is 613 g/mol. The Kier molecular flexibility index (Phi) is 12.4. The Hall–Kier alpha value is -1.20. The molecule has 252 valence electrons. The van der Waals surface area contributed by atoms with Crippen LogP contribution in [0.1, 0.15) is 140 Å². The van der Waals surface area contributed by atoms with E-state index in [9.17, 15) is 15.3 Å². The van der Waals surface area contributed by atoms with Crippen LogP contribution < -0.4 is 0 Å². The molecule has 3 fully saturated rings. The minimum Gasteiger partial charge on any atom is -0.393 e. The van der Waals surface area contributed by atoms with Crippen molar-refractivity contribution in [3.05, 3.63) is 48.1 Å². The summed E-state index contributed by atoms with van der Waals surface area (Å²) in [4.78, 5) is 0. The van der Waals surface area contributed by atoms with E-state index in [1.54, 1.807) is 0 Å². The lowest BCUT2D eigenvalue weighted by Crippen LogP contribution is -2.50. The lowest BCUT2D eigenvalue weighted by atomic mass is 9.61. The first-order valence-electron chi connectivity index (χ1n) is 17.8. The summed E-state index contributed by atoms with van der Waals surface area (Å²) in [6, 6.07) is 0. The van der Waals surface area contributed by atoms with Gasteiger partial charge in [-0.3, -0.25) is 0 Å². The van der Waals surface area contributed by atoms with Crippen molar-refractivity contribution in [1.29, 1.82) is 0 Å². The maximum absolute atomic E-state index is 11.0. The standard InChI is InChI=1S/C40H68O4/c1-29(17-13-19-31(3)21-22-35-36(5,6)25-33(41)27-38(35,9)43)15-11-12-16-30(2)18-14-20-32(4)23-24-40-37(7,8)26-34(42)28-39(40,10)44-40/h13,19-24,29-31,33-35,41-43H,11-12,14-18,25-28H2,1-10H3/b19-13+,22-21?,24-23+,32-20-/t29?,30?,31?,33-,34-,35?,38+,39+,40-/m0/s1. The van der Waals surface area contributed by atoms with Gasteiger partial charge in [0.05, 0.1) is 17.8 Å². The number of fused-ring (bicyclic) bond motifs is 1. The van der Waals surface area contributed by atoms with Gasteiger partial charge in [-0.2, -0.15) is 0 Å². The first-order chi connectivity index (χ1) is 20.3. The molecule has 3 aliphatic rings. The number of rotatable bonds is 15. The fourth-order valence-electron chi connectivity index (χ4n) is 8.83. The van der Waals surface area contributed by atoms with Crippen molar-refractivity contribution in [2.75, 3.05) is 0 Å². The molecule has 0 aromatic rings. The second-order valence-electron chi connectivity index (χ2n) is 17.2. The van der Waals surface area contributed by atoms with E-state index in [2.05, 4.69) is 105 Å². The molecule has 4 heteroatoms. The van der Waals surface area contributed by atoms with Crippen molar-refractivity contribution >= 4 is 0 Å². The van der Waals surface area contributed by atoms with Crippen LogP contribution in [0.5, 0.6) is 0 Å². The second kappa shape index (κ2) is 14.7. The van der Waals surface area contributed by atoms with E-state index >= 15 is 0 Å². The number of unbranched alkanes of at least 4 members (excludes halogenated alkanes) is 1. The van der Waals surface area contributed by atoms with Crippen molar-refractivity contribution in [3.63, 3.8) is 0 Å². The third-order valence-electron chi connectivity index (χ3n) is 11.4. The smallest absolute Gasteiger partial charge is 0.121 e. The molecule has 4 unspecified atom stereocenters. The highest BCUT2D eigenvalue weighted by Gasteiger charge is 2.74. The van der Waals surface area contributed by atoms with Crippen LogP contribution in [0.2, 0.25) is 0 Å². The molecule has 0 aromatic heterocycles. The van der Waals surface area contributed by atoms with Crippen LogP contribution in [0.25, 0.3) is 0 Å². The summed E-state index contributed by atoms with van der Waals surface area (Å²) in [5, 5.41) is 31.4. The van der Waals surface area contributed by atoms with Gasteiger partial charge < -0.3 is 20.1 Å². The molecule has 0 spiro atoms. The first-order valence-corrected chi connectivity index (χ1v) is 17.8. The predicted octanol–water partition coefficient (Wildman–Crippen LogP) is 9.50. The highest BCUT2D eigenvalue weighted by atomic mass is 16.6. The minimum absolute atomic E-state index is 0.0481. The van der Waals surface area contributed by atoms with Crippen LogP contribution in [0.15, 0.2) is 48.1 Å². The molecule has 2 saturated carbocycles. The normalized spacial score (nSPS) is 37.4. The summed E-state index contributed by atoms with van der Waals surface area (Å²) >= 11 is 0. The molecule has 0 bridgehead atoms. The van der Waals surface area contributed by atoms with E-state index in [1.807, 2.05) is 6.92 Å². The monoisotopic (exact) mass is 613 g/mol. The average Bonchev–Trinajstić information content (AvgIpc) is 3.49. The van der Waals surface area contributed by atoms with E-state index in [0.29, 0.717) is 18.3 Å². The second-order valence-corrected chi connectivity index (χ2v) is 17.2. The van der Waals surface area contributed by atoms with Crippen LogP contribution in [0.3, 0.4) is 0 Å². The number of epoxide rings is 1. The van der Waals surface area contributed by atoms with E-state index < -0.39 is 11.7 Å². The van der Waals surface area contributed by atoms with E-state index in [4.69, 9.17) is 4.74 Å². The number of aliphatic hydroxyl groups excluding tert-OH is 2. The molecule has 9 atom stereocenters. The van der Waals surface area contributed by atoms with Gasteiger partial charge in [-0.1, -0.05) is 116 Å². The fourth-order valence-corrected chi connectivity index (χ4v) is 8.83. The van der Waals surface area contributed by atoms with Crippen LogP contribution in [-0.2, 0) is 4.74 Å². The van der Waals surface area contributed by atoms with Crippen LogP contribution in [0, 0.1) is 34.5 Å². The zero-order chi connectivity index (χ0) is 33.0. The molecule has 4 nitrogen and oxygen atoms in total. The third-order valence-corrected chi connectivity index (χ3v) is 11.4. The Morgan fingerprint density at radius 3 is 2.11 bits per heavy atom. The van der Waals surface area contributed by atoms with Crippen LogP contribution in [-0.4, -0.2) is 44.3 Å². The number of hydrogen-bond donors (Lipinski definition) is 3. The lowest BCUT2D eigenvalue weighted by Gasteiger charge is -2.48. The molecule has 0 radical (unpaired) electrons.